The fraction of sp³-hybridized carbons (Fsp3) is 0. The average Bonchev–Trinajstić information content (AvgIpc) is 2.38. The van der Waals surface area contributed by atoms with Crippen molar-refractivity contribution < 1.29 is 22.4 Å². The number of carbonyl (C=O) groups is 1. The summed E-state index contributed by atoms with van der Waals surface area (Å²) in [5.41, 5.74) is -0.586. The van der Waals surface area contributed by atoms with Gasteiger partial charge in [-0.05, 0) is 24.3 Å². The van der Waals surface area contributed by atoms with Crippen molar-refractivity contribution in [2.24, 2.45) is 0 Å². The van der Waals surface area contributed by atoms with Gasteiger partial charge in [-0.2, -0.15) is 0 Å². The summed E-state index contributed by atoms with van der Waals surface area (Å²) >= 11 is 0. The van der Waals surface area contributed by atoms with Gasteiger partial charge in [0.15, 0.2) is 17.5 Å². The lowest BCUT2D eigenvalue weighted by atomic mass is 10.2. The Morgan fingerprint density at radius 3 is 2.05 bits per heavy atom. The van der Waals surface area contributed by atoms with Gasteiger partial charge in [-0.25, -0.2) is 17.6 Å². The zero-order valence-electron chi connectivity index (χ0n) is 9.38. The highest BCUT2D eigenvalue weighted by molar-refractivity contribution is 6.04. The molecule has 1 N–H and O–H groups in total. The Kier molecular flexibility index (Phi) is 3.50. The second kappa shape index (κ2) is 5.09. The van der Waals surface area contributed by atoms with Crippen molar-refractivity contribution in [1.29, 1.82) is 0 Å². The average molecular weight is 269 g/mol. The first-order chi connectivity index (χ1) is 8.99. The molecule has 0 spiro atoms. The van der Waals surface area contributed by atoms with Gasteiger partial charge in [-0.3, -0.25) is 4.79 Å². The molecule has 0 heterocycles. The van der Waals surface area contributed by atoms with Crippen LogP contribution in [-0.2, 0) is 0 Å². The van der Waals surface area contributed by atoms with E-state index >= 15 is 0 Å². The SMILES string of the molecule is O=C(Nc1ccccc1F)c1cc(F)c(F)c(F)c1. The Morgan fingerprint density at radius 1 is 0.895 bits per heavy atom. The zero-order valence-corrected chi connectivity index (χ0v) is 9.38. The first-order valence-electron chi connectivity index (χ1n) is 5.19. The van der Waals surface area contributed by atoms with Crippen LogP contribution in [0.15, 0.2) is 36.4 Å². The first-order valence-corrected chi connectivity index (χ1v) is 5.19. The Morgan fingerprint density at radius 2 is 1.47 bits per heavy atom. The van der Waals surface area contributed by atoms with Crippen LogP contribution in [0, 0.1) is 23.3 Å². The summed E-state index contributed by atoms with van der Waals surface area (Å²) in [5.74, 6) is -6.28. The predicted octanol–water partition coefficient (Wildman–Crippen LogP) is 3.50. The number of rotatable bonds is 2. The van der Waals surface area contributed by atoms with Gasteiger partial charge in [0.05, 0.1) is 5.69 Å². The molecule has 0 atom stereocenters. The van der Waals surface area contributed by atoms with Crippen LogP contribution in [0.25, 0.3) is 0 Å². The van der Waals surface area contributed by atoms with Crippen molar-refractivity contribution in [3.8, 4) is 0 Å². The number of anilines is 1. The van der Waals surface area contributed by atoms with Crippen molar-refractivity contribution in [2.45, 2.75) is 0 Å². The van der Waals surface area contributed by atoms with E-state index < -0.39 is 34.7 Å². The van der Waals surface area contributed by atoms with E-state index in [-0.39, 0.29) is 5.69 Å². The van der Waals surface area contributed by atoms with Crippen molar-refractivity contribution in [2.75, 3.05) is 5.32 Å². The quantitative estimate of drug-likeness (QED) is 0.656. The molecule has 0 unspecified atom stereocenters. The van der Waals surface area contributed by atoms with E-state index in [2.05, 4.69) is 5.32 Å². The molecular formula is C13H7F4NO. The highest BCUT2D eigenvalue weighted by atomic mass is 19.2. The second-order valence-electron chi connectivity index (χ2n) is 3.69. The van der Waals surface area contributed by atoms with Crippen LogP contribution >= 0.6 is 0 Å². The molecule has 0 aliphatic rings. The van der Waals surface area contributed by atoms with Crippen LogP contribution in [0.2, 0.25) is 0 Å². The van der Waals surface area contributed by atoms with E-state index in [9.17, 15) is 22.4 Å². The molecule has 0 saturated heterocycles. The van der Waals surface area contributed by atoms with Gasteiger partial charge >= 0.3 is 0 Å². The molecule has 2 nitrogen and oxygen atoms in total. The fourth-order valence-corrected chi connectivity index (χ4v) is 1.44. The van der Waals surface area contributed by atoms with Gasteiger partial charge in [0, 0.05) is 5.56 Å². The van der Waals surface area contributed by atoms with Crippen LogP contribution in [-0.4, -0.2) is 5.91 Å². The van der Waals surface area contributed by atoms with Gasteiger partial charge in [-0.1, -0.05) is 12.1 Å². The van der Waals surface area contributed by atoms with Crippen molar-refractivity contribution in [3.63, 3.8) is 0 Å². The molecule has 2 rings (SSSR count). The smallest absolute Gasteiger partial charge is 0.255 e. The molecule has 0 bridgehead atoms. The van der Waals surface area contributed by atoms with Crippen LogP contribution in [0.1, 0.15) is 10.4 Å². The lowest BCUT2D eigenvalue weighted by Gasteiger charge is -2.06. The molecule has 2 aromatic rings. The third-order valence-electron chi connectivity index (χ3n) is 2.37. The summed E-state index contributed by atoms with van der Waals surface area (Å²) in [4.78, 5) is 11.6. The number of amides is 1. The van der Waals surface area contributed by atoms with Gasteiger partial charge in [0.2, 0.25) is 0 Å². The summed E-state index contributed by atoms with van der Waals surface area (Å²) in [7, 11) is 0. The maximum absolute atomic E-state index is 13.3. The van der Waals surface area contributed by atoms with Crippen molar-refractivity contribution in [1.82, 2.24) is 0 Å². The highest BCUT2D eigenvalue weighted by Crippen LogP contribution is 2.17. The summed E-state index contributed by atoms with van der Waals surface area (Å²) in [5, 5.41) is 2.13. The number of halogens is 4. The molecule has 1 amide bonds. The van der Waals surface area contributed by atoms with E-state index in [1.807, 2.05) is 0 Å². The van der Waals surface area contributed by atoms with E-state index in [0.717, 1.165) is 6.07 Å². The number of carbonyl (C=O) groups excluding carboxylic acids is 1. The summed E-state index contributed by atoms with van der Waals surface area (Å²) in [6, 6.07) is 6.36. The van der Waals surface area contributed by atoms with Crippen LogP contribution in [0.3, 0.4) is 0 Å². The molecule has 0 fully saturated rings. The maximum Gasteiger partial charge on any atom is 0.255 e. The van der Waals surface area contributed by atoms with Gasteiger partial charge in [0.1, 0.15) is 5.82 Å². The molecule has 0 radical (unpaired) electrons. The number of hydrogen-bond acceptors (Lipinski definition) is 1. The van der Waals surface area contributed by atoms with Crippen LogP contribution < -0.4 is 5.32 Å². The summed E-state index contributed by atoms with van der Waals surface area (Å²) in [6.45, 7) is 0. The minimum absolute atomic E-state index is 0.141. The van der Waals surface area contributed by atoms with Crippen LogP contribution in [0.5, 0.6) is 0 Å². The predicted molar refractivity (Wildman–Crippen MR) is 60.7 cm³/mol. The van der Waals surface area contributed by atoms with Gasteiger partial charge < -0.3 is 5.32 Å². The summed E-state index contributed by atoms with van der Waals surface area (Å²) < 4.78 is 51.9. The molecular weight excluding hydrogens is 262 g/mol. The second-order valence-corrected chi connectivity index (χ2v) is 3.69. The molecule has 0 saturated carbocycles. The minimum Gasteiger partial charge on any atom is -0.319 e. The van der Waals surface area contributed by atoms with Gasteiger partial charge in [0.25, 0.3) is 5.91 Å². The van der Waals surface area contributed by atoms with Crippen molar-refractivity contribution >= 4 is 11.6 Å². The number of hydrogen-bond donors (Lipinski definition) is 1. The third-order valence-corrected chi connectivity index (χ3v) is 2.37. The lowest BCUT2D eigenvalue weighted by Crippen LogP contribution is -2.14. The fourth-order valence-electron chi connectivity index (χ4n) is 1.44. The van der Waals surface area contributed by atoms with Crippen molar-refractivity contribution in [3.05, 3.63) is 65.2 Å². The van der Waals surface area contributed by atoms with Crippen LogP contribution in [0.4, 0.5) is 23.2 Å². The topological polar surface area (TPSA) is 29.1 Å². The standard InChI is InChI=1S/C13H7F4NO/c14-8-3-1-2-4-11(8)18-13(19)7-5-9(15)12(17)10(16)6-7/h1-6H,(H,18,19). The molecule has 19 heavy (non-hydrogen) atoms. The van der Waals surface area contributed by atoms with E-state index in [1.54, 1.807) is 0 Å². The molecule has 0 aliphatic heterocycles. The largest absolute Gasteiger partial charge is 0.319 e. The Bertz CT molecular complexity index is 619. The molecule has 2 aromatic carbocycles. The van der Waals surface area contributed by atoms with E-state index in [0.29, 0.717) is 12.1 Å². The number of benzene rings is 2. The Labute approximate surface area is 105 Å². The van der Waals surface area contributed by atoms with Gasteiger partial charge in [-0.15, -0.1) is 0 Å². The normalized spacial score (nSPS) is 10.3. The lowest BCUT2D eigenvalue weighted by molar-refractivity contribution is 0.102. The first kappa shape index (κ1) is 13.1. The minimum atomic E-state index is -1.66. The van der Waals surface area contributed by atoms with E-state index in [1.165, 1.54) is 18.2 Å². The maximum atomic E-state index is 13.3. The number of para-hydroxylation sites is 1. The molecule has 98 valence electrons. The van der Waals surface area contributed by atoms with E-state index in [4.69, 9.17) is 0 Å². The highest BCUT2D eigenvalue weighted by Gasteiger charge is 2.15. The Balaban J connectivity index is 2.28. The third kappa shape index (κ3) is 2.73. The Hall–Kier alpha value is -2.37. The molecule has 6 heteroatoms. The zero-order chi connectivity index (χ0) is 14.0. The monoisotopic (exact) mass is 269 g/mol. The molecule has 0 aliphatic carbocycles. The number of nitrogens with one attached hydrogen (secondary N) is 1. The molecule has 0 aromatic heterocycles. The summed E-state index contributed by atoms with van der Waals surface area (Å²) in [6.07, 6.45) is 0.